The van der Waals surface area contributed by atoms with Gasteiger partial charge in [-0.1, -0.05) is 0 Å². The zero-order chi connectivity index (χ0) is 14.3. The lowest BCUT2D eigenvalue weighted by Gasteiger charge is -2.25. The monoisotopic (exact) mass is 290 g/mol. The van der Waals surface area contributed by atoms with Crippen LogP contribution >= 0.6 is 12.2 Å². The SMILES string of the molecule is Cn1c(=S)[nH]c2cc(C(=O)OC3CCC3)ccc2c1=O. The van der Waals surface area contributed by atoms with Gasteiger partial charge in [-0.05, 0) is 49.7 Å². The van der Waals surface area contributed by atoms with Gasteiger partial charge in [0.2, 0.25) is 0 Å². The van der Waals surface area contributed by atoms with Gasteiger partial charge in [-0.2, -0.15) is 0 Å². The van der Waals surface area contributed by atoms with E-state index in [9.17, 15) is 9.59 Å². The topological polar surface area (TPSA) is 64.1 Å². The lowest BCUT2D eigenvalue weighted by atomic mass is 9.96. The number of esters is 1. The predicted octanol–water partition coefficient (Wildman–Crippen LogP) is 2.31. The van der Waals surface area contributed by atoms with Crippen LogP contribution in [0.2, 0.25) is 0 Å². The minimum Gasteiger partial charge on any atom is -0.459 e. The Bertz CT molecular complexity index is 802. The summed E-state index contributed by atoms with van der Waals surface area (Å²) in [6.45, 7) is 0. The van der Waals surface area contributed by atoms with Gasteiger partial charge >= 0.3 is 5.97 Å². The molecule has 2 aromatic rings. The molecule has 0 saturated heterocycles. The fraction of sp³-hybridized carbons (Fsp3) is 0.357. The lowest BCUT2D eigenvalue weighted by Crippen LogP contribution is -2.25. The van der Waals surface area contributed by atoms with E-state index in [1.807, 2.05) is 0 Å². The van der Waals surface area contributed by atoms with E-state index in [2.05, 4.69) is 4.98 Å². The predicted molar refractivity (Wildman–Crippen MR) is 77.4 cm³/mol. The van der Waals surface area contributed by atoms with Gasteiger partial charge in [0.15, 0.2) is 4.77 Å². The molecule has 1 saturated carbocycles. The van der Waals surface area contributed by atoms with Crippen LogP contribution < -0.4 is 5.56 Å². The van der Waals surface area contributed by atoms with Crippen molar-refractivity contribution in [1.29, 1.82) is 0 Å². The van der Waals surface area contributed by atoms with Crippen molar-refractivity contribution in [3.8, 4) is 0 Å². The summed E-state index contributed by atoms with van der Waals surface area (Å²) in [6.07, 6.45) is 3.02. The highest BCUT2D eigenvalue weighted by molar-refractivity contribution is 7.71. The van der Waals surface area contributed by atoms with Crippen LogP contribution in [-0.4, -0.2) is 21.6 Å². The highest BCUT2D eigenvalue weighted by atomic mass is 32.1. The van der Waals surface area contributed by atoms with Gasteiger partial charge in [0.05, 0.1) is 16.5 Å². The summed E-state index contributed by atoms with van der Waals surface area (Å²) in [5, 5.41) is 0.501. The average molecular weight is 290 g/mol. The summed E-state index contributed by atoms with van der Waals surface area (Å²) in [6, 6.07) is 4.86. The maximum Gasteiger partial charge on any atom is 0.338 e. The number of nitrogens with one attached hydrogen (secondary N) is 1. The van der Waals surface area contributed by atoms with Crippen LogP contribution in [0.5, 0.6) is 0 Å². The average Bonchev–Trinajstić information content (AvgIpc) is 2.39. The van der Waals surface area contributed by atoms with E-state index in [0.717, 1.165) is 19.3 Å². The van der Waals surface area contributed by atoms with Crippen molar-refractivity contribution in [3.05, 3.63) is 38.9 Å². The van der Waals surface area contributed by atoms with Crippen molar-refractivity contribution in [2.24, 2.45) is 7.05 Å². The molecule has 1 heterocycles. The van der Waals surface area contributed by atoms with Crippen LogP contribution in [-0.2, 0) is 11.8 Å². The molecule has 1 aromatic carbocycles. The van der Waals surface area contributed by atoms with E-state index in [4.69, 9.17) is 17.0 Å². The first-order chi connectivity index (χ1) is 9.56. The number of rotatable bonds is 2. The molecule has 6 heteroatoms. The third kappa shape index (κ3) is 2.16. The summed E-state index contributed by atoms with van der Waals surface area (Å²) in [7, 11) is 1.61. The highest BCUT2D eigenvalue weighted by Crippen LogP contribution is 2.23. The van der Waals surface area contributed by atoms with Crippen LogP contribution in [0.1, 0.15) is 29.6 Å². The second kappa shape index (κ2) is 4.86. The normalized spacial score (nSPS) is 15.1. The second-order valence-corrected chi connectivity index (χ2v) is 5.40. The summed E-state index contributed by atoms with van der Waals surface area (Å²) in [5.74, 6) is -0.350. The van der Waals surface area contributed by atoms with Gasteiger partial charge in [-0.3, -0.25) is 9.36 Å². The number of carbonyl (C=O) groups is 1. The first-order valence-electron chi connectivity index (χ1n) is 6.50. The molecule has 1 aliphatic carbocycles. The van der Waals surface area contributed by atoms with Gasteiger partial charge in [0.25, 0.3) is 5.56 Å². The number of H-pyrrole nitrogens is 1. The first-order valence-corrected chi connectivity index (χ1v) is 6.91. The molecule has 1 aromatic heterocycles. The van der Waals surface area contributed by atoms with Crippen LogP contribution in [0.4, 0.5) is 0 Å². The number of nitrogens with zero attached hydrogens (tertiary/aromatic N) is 1. The van der Waals surface area contributed by atoms with Gasteiger partial charge in [0.1, 0.15) is 6.10 Å². The molecule has 0 spiro atoms. The number of fused-ring (bicyclic) bond motifs is 1. The Balaban J connectivity index is 2.02. The smallest absolute Gasteiger partial charge is 0.338 e. The van der Waals surface area contributed by atoms with Crippen LogP contribution in [0.15, 0.2) is 23.0 Å². The van der Waals surface area contributed by atoms with Crippen LogP contribution in [0, 0.1) is 4.77 Å². The Morgan fingerprint density at radius 1 is 1.45 bits per heavy atom. The van der Waals surface area contributed by atoms with Gasteiger partial charge in [-0.15, -0.1) is 0 Å². The Labute approximate surface area is 120 Å². The molecular formula is C14H14N2O3S. The Morgan fingerprint density at radius 2 is 2.20 bits per heavy atom. The molecule has 20 heavy (non-hydrogen) atoms. The van der Waals surface area contributed by atoms with Crippen molar-refractivity contribution in [3.63, 3.8) is 0 Å². The van der Waals surface area contributed by atoms with Crippen molar-refractivity contribution in [2.45, 2.75) is 25.4 Å². The van der Waals surface area contributed by atoms with E-state index >= 15 is 0 Å². The number of aromatic nitrogens is 2. The fourth-order valence-corrected chi connectivity index (χ4v) is 2.33. The molecule has 1 aliphatic rings. The Kier molecular flexibility index (Phi) is 3.17. The molecule has 3 rings (SSSR count). The zero-order valence-corrected chi connectivity index (χ0v) is 11.8. The van der Waals surface area contributed by atoms with E-state index < -0.39 is 0 Å². The van der Waals surface area contributed by atoms with E-state index in [0.29, 0.717) is 21.2 Å². The van der Waals surface area contributed by atoms with Gasteiger partial charge in [0, 0.05) is 7.05 Å². The quantitative estimate of drug-likeness (QED) is 0.681. The van der Waals surface area contributed by atoms with Crippen molar-refractivity contribution >= 4 is 29.1 Å². The molecule has 1 N–H and O–H groups in total. The zero-order valence-electron chi connectivity index (χ0n) is 11.0. The standard InChI is InChI=1S/C14H14N2O3S/c1-16-12(17)10-6-5-8(7-11(10)15-14(16)20)13(18)19-9-3-2-4-9/h5-7,9H,2-4H2,1H3,(H,15,20). The molecule has 0 unspecified atom stereocenters. The third-order valence-corrected chi connectivity index (χ3v) is 4.04. The molecule has 1 fully saturated rings. The number of aromatic amines is 1. The highest BCUT2D eigenvalue weighted by Gasteiger charge is 2.22. The largest absolute Gasteiger partial charge is 0.459 e. The number of ether oxygens (including phenoxy) is 1. The van der Waals surface area contributed by atoms with Gasteiger partial charge in [-0.25, -0.2) is 4.79 Å². The number of benzene rings is 1. The van der Waals surface area contributed by atoms with Crippen molar-refractivity contribution in [1.82, 2.24) is 9.55 Å². The second-order valence-electron chi connectivity index (χ2n) is 5.01. The molecule has 0 amide bonds. The summed E-state index contributed by atoms with van der Waals surface area (Å²) < 4.78 is 7.03. The summed E-state index contributed by atoms with van der Waals surface area (Å²) in [4.78, 5) is 27.0. The summed E-state index contributed by atoms with van der Waals surface area (Å²) >= 11 is 5.07. The number of hydrogen-bond donors (Lipinski definition) is 1. The van der Waals surface area contributed by atoms with Crippen LogP contribution in [0.3, 0.4) is 0 Å². The Morgan fingerprint density at radius 3 is 2.85 bits per heavy atom. The maximum atomic E-state index is 12.0. The summed E-state index contributed by atoms with van der Waals surface area (Å²) in [5.41, 5.74) is 0.812. The maximum absolute atomic E-state index is 12.0. The minimum atomic E-state index is -0.350. The first kappa shape index (κ1) is 13.1. The lowest BCUT2D eigenvalue weighted by molar-refractivity contribution is 0.00902. The molecule has 0 atom stereocenters. The van der Waals surface area contributed by atoms with E-state index in [1.165, 1.54) is 4.57 Å². The molecule has 0 bridgehead atoms. The molecule has 5 nitrogen and oxygen atoms in total. The minimum absolute atomic E-state index is 0.0420. The van der Waals surface area contributed by atoms with Crippen LogP contribution in [0.25, 0.3) is 10.9 Å². The van der Waals surface area contributed by atoms with E-state index in [1.54, 1.807) is 25.2 Å². The molecule has 104 valence electrons. The fourth-order valence-electron chi connectivity index (χ4n) is 2.14. The van der Waals surface area contributed by atoms with Crippen molar-refractivity contribution < 1.29 is 9.53 Å². The molecular weight excluding hydrogens is 276 g/mol. The van der Waals surface area contributed by atoms with Gasteiger partial charge < -0.3 is 9.72 Å². The molecule has 0 radical (unpaired) electrons. The molecule has 0 aliphatic heterocycles. The third-order valence-electron chi connectivity index (χ3n) is 3.66. The number of carbonyl (C=O) groups excluding carboxylic acids is 1. The van der Waals surface area contributed by atoms with Crippen molar-refractivity contribution in [2.75, 3.05) is 0 Å². The number of hydrogen-bond acceptors (Lipinski definition) is 4. The Hall–Kier alpha value is -1.95. The van der Waals surface area contributed by atoms with E-state index in [-0.39, 0.29) is 17.6 Å².